The van der Waals surface area contributed by atoms with Gasteiger partial charge in [0.2, 0.25) is 0 Å². The number of para-hydroxylation sites is 1. The second-order valence-corrected chi connectivity index (χ2v) is 2.92. The van der Waals surface area contributed by atoms with Gasteiger partial charge in [0.05, 0.1) is 0 Å². The monoisotopic (exact) mass is 160 g/mol. The van der Waals surface area contributed by atoms with Crippen molar-refractivity contribution in [2.24, 2.45) is 0 Å². The minimum Gasteiger partial charge on any atom is -0.386 e. The first-order valence-corrected chi connectivity index (χ1v) is 3.95. The standard InChI is InChI=1S/C9H8N2O/c1-3-7-4-2-6-11-9(7)8(5-1)12-10-11/h1-3,5-6,10H,4H2. The average Bonchev–Trinajstić information content (AvgIpc) is 2.52. The summed E-state index contributed by atoms with van der Waals surface area (Å²) < 4.78 is 0. The Balaban J connectivity index is 2.28. The molecule has 0 saturated carbocycles. The van der Waals surface area contributed by atoms with Crippen molar-refractivity contribution in [2.75, 3.05) is 5.01 Å². The van der Waals surface area contributed by atoms with Crippen LogP contribution < -0.4 is 15.4 Å². The summed E-state index contributed by atoms with van der Waals surface area (Å²) in [6, 6.07) is 6.09. The van der Waals surface area contributed by atoms with Crippen LogP contribution in [0.3, 0.4) is 0 Å². The highest BCUT2D eigenvalue weighted by Crippen LogP contribution is 2.37. The molecule has 3 rings (SSSR count). The van der Waals surface area contributed by atoms with Crippen molar-refractivity contribution >= 4 is 5.69 Å². The van der Waals surface area contributed by atoms with Crippen molar-refractivity contribution in [3.05, 3.63) is 36.0 Å². The molecule has 0 bridgehead atoms. The lowest BCUT2D eigenvalue weighted by molar-refractivity contribution is 0.225. The maximum atomic E-state index is 5.25. The van der Waals surface area contributed by atoms with Crippen LogP contribution in [0.2, 0.25) is 0 Å². The summed E-state index contributed by atoms with van der Waals surface area (Å²) in [5.41, 5.74) is 5.27. The van der Waals surface area contributed by atoms with Gasteiger partial charge in [0, 0.05) is 6.20 Å². The molecule has 2 heterocycles. The number of nitrogens with one attached hydrogen (secondary N) is 1. The van der Waals surface area contributed by atoms with E-state index in [-0.39, 0.29) is 0 Å². The maximum absolute atomic E-state index is 5.25. The zero-order valence-corrected chi connectivity index (χ0v) is 6.45. The SMILES string of the molecule is C1=CN2NOc3cccc(c32)C1. The van der Waals surface area contributed by atoms with Crippen molar-refractivity contribution in [1.82, 2.24) is 5.59 Å². The van der Waals surface area contributed by atoms with Crippen molar-refractivity contribution in [3.8, 4) is 5.75 Å². The van der Waals surface area contributed by atoms with E-state index >= 15 is 0 Å². The predicted octanol–water partition coefficient (Wildman–Crippen LogP) is 1.37. The van der Waals surface area contributed by atoms with E-state index in [1.807, 2.05) is 23.3 Å². The molecule has 0 aliphatic carbocycles. The fourth-order valence-electron chi connectivity index (χ4n) is 1.62. The van der Waals surface area contributed by atoms with Crippen LogP contribution >= 0.6 is 0 Å². The molecule has 0 radical (unpaired) electrons. The molecule has 3 nitrogen and oxygen atoms in total. The van der Waals surface area contributed by atoms with E-state index in [4.69, 9.17) is 4.84 Å². The quantitative estimate of drug-likeness (QED) is 0.620. The molecule has 0 unspecified atom stereocenters. The van der Waals surface area contributed by atoms with E-state index in [1.54, 1.807) is 0 Å². The van der Waals surface area contributed by atoms with Crippen molar-refractivity contribution in [3.63, 3.8) is 0 Å². The minimum absolute atomic E-state index is 0.914. The molecule has 60 valence electrons. The molecule has 1 aromatic carbocycles. The fraction of sp³-hybridized carbons (Fsp3) is 0.111. The first kappa shape index (κ1) is 6.08. The summed E-state index contributed by atoms with van der Waals surface area (Å²) in [4.78, 5) is 5.25. The van der Waals surface area contributed by atoms with Gasteiger partial charge in [-0.15, -0.1) is 0 Å². The van der Waals surface area contributed by atoms with E-state index in [0.717, 1.165) is 17.9 Å². The van der Waals surface area contributed by atoms with E-state index in [1.165, 1.54) is 5.56 Å². The normalized spacial score (nSPS) is 17.5. The van der Waals surface area contributed by atoms with Gasteiger partial charge in [0.15, 0.2) is 5.75 Å². The minimum atomic E-state index is 0.914. The first-order chi connectivity index (χ1) is 5.95. The topological polar surface area (TPSA) is 24.5 Å². The van der Waals surface area contributed by atoms with Crippen molar-refractivity contribution in [2.45, 2.75) is 6.42 Å². The van der Waals surface area contributed by atoms with Gasteiger partial charge < -0.3 is 4.84 Å². The summed E-state index contributed by atoms with van der Waals surface area (Å²) in [5.74, 6) is 0.914. The molecule has 0 atom stereocenters. The van der Waals surface area contributed by atoms with Gasteiger partial charge in [-0.1, -0.05) is 23.8 Å². The fourth-order valence-corrected chi connectivity index (χ4v) is 1.62. The Hall–Kier alpha value is -1.48. The number of nitrogens with zero attached hydrogens (tertiary/aromatic N) is 1. The highest BCUT2D eigenvalue weighted by molar-refractivity contribution is 5.68. The lowest BCUT2D eigenvalue weighted by atomic mass is 10.1. The van der Waals surface area contributed by atoms with Gasteiger partial charge in [-0.25, -0.2) is 5.01 Å². The number of hydrogen-bond acceptors (Lipinski definition) is 3. The molecule has 0 spiro atoms. The Labute approximate surface area is 70.2 Å². The van der Waals surface area contributed by atoms with E-state index < -0.39 is 0 Å². The Kier molecular flexibility index (Phi) is 1.02. The Bertz CT molecular complexity index is 360. The van der Waals surface area contributed by atoms with Crippen LogP contribution in [0.15, 0.2) is 30.5 Å². The van der Waals surface area contributed by atoms with Gasteiger partial charge in [0.1, 0.15) is 5.69 Å². The van der Waals surface area contributed by atoms with Gasteiger partial charge in [0.25, 0.3) is 0 Å². The number of rotatable bonds is 0. The Morgan fingerprint density at radius 2 is 2.42 bits per heavy atom. The lowest BCUT2D eigenvalue weighted by Crippen LogP contribution is -2.31. The molecular formula is C9H8N2O. The van der Waals surface area contributed by atoms with E-state index in [9.17, 15) is 0 Å². The molecule has 3 heteroatoms. The number of benzene rings is 1. The van der Waals surface area contributed by atoms with E-state index in [0.29, 0.717) is 0 Å². The molecule has 0 amide bonds. The lowest BCUT2D eigenvalue weighted by Gasteiger charge is -2.16. The van der Waals surface area contributed by atoms with Crippen LogP contribution in [0.4, 0.5) is 5.69 Å². The third-order valence-corrected chi connectivity index (χ3v) is 2.17. The molecule has 0 fully saturated rings. The molecule has 1 aromatic rings. The Morgan fingerprint density at radius 1 is 1.42 bits per heavy atom. The zero-order valence-electron chi connectivity index (χ0n) is 6.45. The molecule has 2 aliphatic rings. The molecule has 12 heavy (non-hydrogen) atoms. The number of anilines is 1. The Morgan fingerprint density at radius 3 is 3.42 bits per heavy atom. The second-order valence-electron chi connectivity index (χ2n) is 2.92. The van der Waals surface area contributed by atoms with E-state index in [2.05, 4.69) is 17.7 Å². The van der Waals surface area contributed by atoms with Gasteiger partial charge in [-0.3, -0.25) is 0 Å². The van der Waals surface area contributed by atoms with Gasteiger partial charge >= 0.3 is 0 Å². The predicted molar refractivity (Wildman–Crippen MR) is 45.5 cm³/mol. The maximum Gasteiger partial charge on any atom is 0.175 e. The van der Waals surface area contributed by atoms with Gasteiger partial charge in [-0.2, -0.15) is 0 Å². The summed E-state index contributed by atoms with van der Waals surface area (Å²) in [6.45, 7) is 0. The molecule has 2 aliphatic heterocycles. The van der Waals surface area contributed by atoms with Crippen LogP contribution in [-0.4, -0.2) is 0 Å². The number of allylic oxidation sites excluding steroid dienone is 1. The van der Waals surface area contributed by atoms with Crippen LogP contribution in [0.1, 0.15) is 5.56 Å². The number of hydrogen-bond donors (Lipinski definition) is 1. The van der Waals surface area contributed by atoms with Crippen LogP contribution in [0.25, 0.3) is 0 Å². The van der Waals surface area contributed by atoms with Crippen molar-refractivity contribution < 1.29 is 4.84 Å². The smallest absolute Gasteiger partial charge is 0.175 e. The highest BCUT2D eigenvalue weighted by Gasteiger charge is 2.23. The third-order valence-electron chi connectivity index (χ3n) is 2.17. The van der Waals surface area contributed by atoms with Crippen LogP contribution in [-0.2, 0) is 6.42 Å². The number of hydrazine groups is 1. The van der Waals surface area contributed by atoms with Crippen LogP contribution in [0.5, 0.6) is 5.75 Å². The largest absolute Gasteiger partial charge is 0.386 e. The highest BCUT2D eigenvalue weighted by atomic mass is 16.7. The molecule has 0 aromatic heterocycles. The van der Waals surface area contributed by atoms with Gasteiger partial charge in [-0.05, 0) is 18.1 Å². The first-order valence-electron chi connectivity index (χ1n) is 3.95. The molecule has 1 N–H and O–H groups in total. The molecule has 0 saturated heterocycles. The second kappa shape index (κ2) is 2.01. The third kappa shape index (κ3) is 0.636. The summed E-state index contributed by atoms with van der Waals surface area (Å²) in [7, 11) is 0. The van der Waals surface area contributed by atoms with Crippen LogP contribution in [0, 0.1) is 0 Å². The summed E-state index contributed by atoms with van der Waals surface area (Å²) in [6.07, 6.45) is 5.08. The average molecular weight is 160 g/mol. The summed E-state index contributed by atoms with van der Waals surface area (Å²) in [5, 5.41) is 1.90. The zero-order chi connectivity index (χ0) is 7.97. The summed E-state index contributed by atoms with van der Waals surface area (Å²) >= 11 is 0. The van der Waals surface area contributed by atoms with Crippen molar-refractivity contribution in [1.29, 1.82) is 0 Å². The molecular weight excluding hydrogens is 152 g/mol.